The Kier molecular flexibility index (Phi) is 4.47. The minimum atomic E-state index is -3.49. The van der Waals surface area contributed by atoms with Crippen LogP contribution in [-0.2, 0) is 10.0 Å². The summed E-state index contributed by atoms with van der Waals surface area (Å²) in [5, 5.41) is 0.460. The number of rotatable bonds is 5. The van der Waals surface area contributed by atoms with Gasteiger partial charge >= 0.3 is 0 Å². The number of sulfonamides is 1. The van der Waals surface area contributed by atoms with E-state index in [-0.39, 0.29) is 18.0 Å². The Morgan fingerprint density at radius 3 is 2.35 bits per heavy atom. The predicted molar refractivity (Wildman–Crippen MR) is 82.5 cm³/mol. The first-order valence-corrected chi connectivity index (χ1v) is 8.86. The second-order valence-electron chi connectivity index (χ2n) is 5.96. The summed E-state index contributed by atoms with van der Waals surface area (Å²) in [6.45, 7) is 7.91. The van der Waals surface area contributed by atoms with Gasteiger partial charge in [-0.2, -0.15) is 4.31 Å². The third-order valence-corrected chi connectivity index (χ3v) is 6.40. The van der Waals surface area contributed by atoms with Gasteiger partial charge in [-0.05, 0) is 50.3 Å². The number of halogens is 1. The smallest absolute Gasteiger partial charge is 0.207 e. The lowest BCUT2D eigenvalue weighted by atomic mass is 10.1. The topological polar surface area (TPSA) is 37.4 Å². The molecule has 0 radical (unpaired) electrons. The zero-order valence-electron chi connectivity index (χ0n) is 12.4. The molecule has 112 valence electrons. The highest BCUT2D eigenvalue weighted by Crippen LogP contribution is 2.36. The summed E-state index contributed by atoms with van der Waals surface area (Å²) in [6, 6.07) is 5.19. The predicted octanol–water partition coefficient (Wildman–Crippen LogP) is 3.85. The maximum absolute atomic E-state index is 13.0. The Bertz CT molecular complexity index is 594. The molecule has 0 amide bonds. The molecule has 3 nitrogen and oxygen atoms in total. The van der Waals surface area contributed by atoms with Crippen molar-refractivity contribution < 1.29 is 8.42 Å². The van der Waals surface area contributed by atoms with E-state index in [0.717, 1.165) is 18.4 Å². The Balaban J connectivity index is 2.48. The van der Waals surface area contributed by atoms with Crippen LogP contribution >= 0.6 is 11.6 Å². The van der Waals surface area contributed by atoms with E-state index in [4.69, 9.17) is 11.6 Å². The molecule has 0 saturated heterocycles. The number of benzene rings is 1. The lowest BCUT2D eigenvalue weighted by Gasteiger charge is -2.31. The summed E-state index contributed by atoms with van der Waals surface area (Å²) in [5.41, 5.74) is 0.746. The van der Waals surface area contributed by atoms with Gasteiger partial charge in [0.25, 0.3) is 0 Å². The van der Waals surface area contributed by atoms with Crippen LogP contribution in [0.3, 0.4) is 0 Å². The van der Waals surface area contributed by atoms with Crippen LogP contribution in [0.25, 0.3) is 0 Å². The molecule has 1 saturated carbocycles. The summed E-state index contributed by atoms with van der Waals surface area (Å²) >= 11 is 5.98. The van der Waals surface area contributed by atoms with Crippen molar-refractivity contribution in [3.05, 3.63) is 28.8 Å². The molecular formula is C15H22ClNO2S. The Labute approximate surface area is 127 Å². The van der Waals surface area contributed by atoms with Gasteiger partial charge in [0.05, 0.1) is 4.90 Å². The monoisotopic (exact) mass is 315 g/mol. The molecule has 0 bridgehead atoms. The van der Waals surface area contributed by atoms with Crippen molar-refractivity contribution in [3.63, 3.8) is 0 Å². The number of hydrogen-bond donors (Lipinski definition) is 0. The summed E-state index contributed by atoms with van der Waals surface area (Å²) in [7, 11) is -3.49. The average Bonchev–Trinajstić information content (AvgIpc) is 3.16. The van der Waals surface area contributed by atoms with E-state index in [1.807, 2.05) is 13.8 Å². The molecule has 0 heterocycles. The van der Waals surface area contributed by atoms with E-state index < -0.39 is 10.0 Å². The largest absolute Gasteiger partial charge is 0.243 e. The Morgan fingerprint density at radius 2 is 1.85 bits per heavy atom. The lowest BCUT2D eigenvalue weighted by Crippen LogP contribution is -2.43. The third-order valence-electron chi connectivity index (χ3n) is 3.98. The molecule has 0 aliphatic heterocycles. The van der Waals surface area contributed by atoms with E-state index in [9.17, 15) is 8.42 Å². The molecule has 1 atom stereocenters. The third kappa shape index (κ3) is 3.02. The van der Waals surface area contributed by atoms with Gasteiger partial charge in [-0.1, -0.05) is 31.5 Å². The molecule has 5 heteroatoms. The van der Waals surface area contributed by atoms with Gasteiger partial charge in [0, 0.05) is 17.1 Å². The molecule has 0 N–H and O–H groups in total. The van der Waals surface area contributed by atoms with Crippen molar-refractivity contribution in [1.82, 2.24) is 4.31 Å². The molecule has 1 aromatic rings. The minimum absolute atomic E-state index is 0.00844. The zero-order chi connectivity index (χ0) is 15.1. The van der Waals surface area contributed by atoms with Gasteiger partial charge in [0.15, 0.2) is 0 Å². The molecule has 1 fully saturated rings. The van der Waals surface area contributed by atoms with Crippen LogP contribution < -0.4 is 0 Å². The van der Waals surface area contributed by atoms with Crippen molar-refractivity contribution in [3.8, 4) is 0 Å². The van der Waals surface area contributed by atoms with Crippen LogP contribution in [0.4, 0.5) is 0 Å². The van der Waals surface area contributed by atoms with Crippen LogP contribution in [0.2, 0.25) is 5.02 Å². The van der Waals surface area contributed by atoms with Gasteiger partial charge in [0.2, 0.25) is 10.0 Å². The fourth-order valence-corrected chi connectivity index (χ4v) is 4.84. The van der Waals surface area contributed by atoms with E-state index >= 15 is 0 Å². The molecule has 0 aromatic heterocycles. The van der Waals surface area contributed by atoms with E-state index in [2.05, 4.69) is 13.8 Å². The average molecular weight is 316 g/mol. The summed E-state index contributed by atoms with van der Waals surface area (Å²) in [5.74, 6) is 0.282. The summed E-state index contributed by atoms with van der Waals surface area (Å²) in [6.07, 6.45) is 1.91. The summed E-state index contributed by atoms with van der Waals surface area (Å²) < 4.78 is 27.7. The second kappa shape index (κ2) is 5.66. The standard InChI is InChI=1S/C15H22ClNO2S/c1-10(2)12(4)17(14-7-8-14)20(18,19)15-9-13(16)6-5-11(15)3/h5-6,9-10,12,14H,7-8H2,1-4H3. The highest BCUT2D eigenvalue weighted by Gasteiger charge is 2.42. The molecule has 1 unspecified atom stereocenters. The first-order chi connectivity index (χ1) is 9.25. The van der Waals surface area contributed by atoms with Gasteiger partial charge in [-0.25, -0.2) is 8.42 Å². The van der Waals surface area contributed by atoms with E-state index in [1.54, 1.807) is 22.5 Å². The van der Waals surface area contributed by atoms with Crippen LogP contribution in [0.1, 0.15) is 39.2 Å². The second-order valence-corrected chi connectivity index (χ2v) is 8.21. The normalized spacial score (nSPS) is 17.8. The van der Waals surface area contributed by atoms with Crippen molar-refractivity contribution in [2.45, 2.75) is 57.5 Å². The van der Waals surface area contributed by atoms with Crippen molar-refractivity contribution in [1.29, 1.82) is 0 Å². The molecule has 0 spiro atoms. The molecule has 20 heavy (non-hydrogen) atoms. The lowest BCUT2D eigenvalue weighted by molar-refractivity contribution is 0.269. The van der Waals surface area contributed by atoms with Gasteiger partial charge < -0.3 is 0 Å². The zero-order valence-corrected chi connectivity index (χ0v) is 14.0. The van der Waals surface area contributed by atoms with E-state index in [1.165, 1.54) is 0 Å². The molecule has 1 aliphatic rings. The van der Waals surface area contributed by atoms with Gasteiger partial charge in [-0.15, -0.1) is 0 Å². The van der Waals surface area contributed by atoms with Crippen LogP contribution in [0, 0.1) is 12.8 Å². The molecule has 1 aromatic carbocycles. The molecule has 2 rings (SSSR count). The van der Waals surface area contributed by atoms with E-state index in [0.29, 0.717) is 9.92 Å². The van der Waals surface area contributed by atoms with Crippen LogP contribution in [0.15, 0.2) is 23.1 Å². The number of nitrogens with zero attached hydrogens (tertiary/aromatic N) is 1. The fraction of sp³-hybridized carbons (Fsp3) is 0.600. The van der Waals surface area contributed by atoms with Gasteiger partial charge in [0.1, 0.15) is 0 Å². The van der Waals surface area contributed by atoms with Crippen LogP contribution in [-0.4, -0.2) is 24.8 Å². The van der Waals surface area contributed by atoms with Gasteiger partial charge in [-0.3, -0.25) is 0 Å². The maximum Gasteiger partial charge on any atom is 0.243 e. The fourth-order valence-electron chi connectivity index (χ4n) is 2.34. The highest BCUT2D eigenvalue weighted by atomic mass is 35.5. The molecular weight excluding hydrogens is 294 g/mol. The SMILES string of the molecule is Cc1ccc(Cl)cc1S(=O)(=O)N(C1CC1)C(C)C(C)C. The van der Waals surface area contributed by atoms with Crippen LogP contribution in [0.5, 0.6) is 0 Å². The molecule has 1 aliphatic carbocycles. The maximum atomic E-state index is 13.0. The quantitative estimate of drug-likeness (QED) is 0.827. The highest BCUT2D eigenvalue weighted by molar-refractivity contribution is 7.89. The van der Waals surface area contributed by atoms with Crippen molar-refractivity contribution >= 4 is 21.6 Å². The first-order valence-electron chi connectivity index (χ1n) is 7.05. The van der Waals surface area contributed by atoms with Crippen molar-refractivity contribution in [2.75, 3.05) is 0 Å². The number of hydrogen-bond acceptors (Lipinski definition) is 2. The first kappa shape index (κ1) is 15.8. The number of aryl methyl sites for hydroxylation is 1. The Hall–Kier alpha value is -0.580. The Morgan fingerprint density at radius 1 is 1.25 bits per heavy atom. The van der Waals surface area contributed by atoms with Crippen molar-refractivity contribution in [2.24, 2.45) is 5.92 Å². The minimum Gasteiger partial charge on any atom is -0.207 e. The summed E-state index contributed by atoms with van der Waals surface area (Å²) in [4.78, 5) is 0.337.